The van der Waals surface area contributed by atoms with Crippen molar-refractivity contribution in [2.45, 2.75) is 63.8 Å². The second-order valence-corrected chi connectivity index (χ2v) is 11.2. The lowest BCUT2D eigenvalue weighted by Crippen LogP contribution is -2.51. The highest BCUT2D eigenvalue weighted by Gasteiger charge is 2.50. The maximum Gasteiger partial charge on any atom is 0.252 e. The van der Waals surface area contributed by atoms with Crippen molar-refractivity contribution in [3.05, 3.63) is 34.3 Å². The Hall–Kier alpha value is -1.14. The number of aliphatic hydroxyl groups excluding tert-OH is 2. The third-order valence-corrected chi connectivity index (χ3v) is 8.29. The molecule has 5 rings (SSSR count). The third-order valence-electron chi connectivity index (χ3n) is 7.96. The van der Waals surface area contributed by atoms with Crippen molar-refractivity contribution in [1.82, 2.24) is 10.6 Å². The summed E-state index contributed by atoms with van der Waals surface area (Å²) >= 11 is 6.38. The summed E-state index contributed by atoms with van der Waals surface area (Å²) in [6.45, 7) is 3.02. The van der Waals surface area contributed by atoms with Gasteiger partial charge in [-0.05, 0) is 106 Å². The van der Waals surface area contributed by atoms with Gasteiger partial charge >= 0.3 is 0 Å². The van der Waals surface area contributed by atoms with Crippen LogP contribution in [0.25, 0.3) is 0 Å². The maximum absolute atomic E-state index is 13.0. The highest BCUT2D eigenvalue weighted by atomic mass is 35.5. The molecule has 0 atom stereocenters. The molecule has 172 valence electrons. The number of carbonyl (C=O) groups is 1. The van der Waals surface area contributed by atoms with Crippen LogP contribution in [0, 0.1) is 23.2 Å². The molecular weight excluding hydrogens is 412 g/mol. The van der Waals surface area contributed by atoms with Crippen molar-refractivity contribution in [3.8, 4) is 0 Å². The van der Waals surface area contributed by atoms with Gasteiger partial charge in [0.2, 0.25) is 0 Å². The fourth-order valence-corrected chi connectivity index (χ4v) is 6.82. The highest BCUT2D eigenvalue weighted by molar-refractivity contribution is 6.33. The minimum absolute atomic E-state index is 0.0612. The Labute approximate surface area is 191 Å². The van der Waals surface area contributed by atoms with Crippen molar-refractivity contribution < 1.29 is 15.0 Å². The minimum Gasteiger partial charge on any atom is -0.394 e. The first-order valence-electron chi connectivity index (χ1n) is 11.9. The van der Waals surface area contributed by atoms with Crippen LogP contribution < -0.4 is 10.6 Å². The van der Waals surface area contributed by atoms with E-state index in [0.717, 1.165) is 42.7 Å². The molecule has 0 unspecified atom stereocenters. The molecule has 0 saturated heterocycles. The SMILES string of the molecule is CC(CO)(CO)NCCCc1ccc(Cl)c(C(=O)NCC23CC4CC(CC(C4)C2)C3)c1. The Kier molecular flexibility index (Phi) is 6.97. The first kappa shape index (κ1) is 23.0. The molecule has 0 heterocycles. The molecule has 4 N–H and O–H groups in total. The molecule has 6 heteroatoms. The van der Waals surface area contributed by atoms with Gasteiger partial charge in [0.05, 0.1) is 29.3 Å². The molecule has 31 heavy (non-hydrogen) atoms. The first-order valence-corrected chi connectivity index (χ1v) is 12.2. The number of halogens is 1. The number of aryl methyl sites for hydroxylation is 1. The van der Waals surface area contributed by atoms with Gasteiger partial charge in [-0.15, -0.1) is 0 Å². The summed E-state index contributed by atoms with van der Waals surface area (Å²) in [5.41, 5.74) is 1.28. The first-order chi connectivity index (χ1) is 14.8. The van der Waals surface area contributed by atoms with Gasteiger partial charge in [-0.2, -0.15) is 0 Å². The summed E-state index contributed by atoms with van der Waals surface area (Å²) in [5, 5.41) is 25.7. The topological polar surface area (TPSA) is 81.6 Å². The molecule has 4 aliphatic carbocycles. The standard InChI is InChI=1S/C25H37ClN2O3/c1-24(15-29,16-30)28-6-2-3-17-4-5-22(26)21(10-17)23(31)27-14-25-11-18-7-19(12-25)9-20(8-18)13-25/h4-5,10,18-20,28-30H,2-3,6-9,11-16H2,1H3,(H,27,31). The number of amides is 1. The van der Waals surface area contributed by atoms with Gasteiger partial charge in [0.25, 0.3) is 5.91 Å². The Morgan fingerprint density at radius 3 is 2.32 bits per heavy atom. The number of hydrogen-bond donors (Lipinski definition) is 4. The zero-order chi connectivity index (χ0) is 22.1. The Morgan fingerprint density at radius 2 is 1.74 bits per heavy atom. The van der Waals surface area contributed by atoms with E-state index in [1.165, 1.54) is 38.5 Å². The predicted octanol–water partition coefficient (Wildman–Crippen LogP) is 3.55. The molecule has 4 saturated carbocycles. The predicted molar refractivity (Wildman–Crippen MR) is 123 cm³/mol. The number of benzene rings is 1. The fraction of sp³-hybridized carbons (Fsp3) is 0.720. The molecule has 0 spiro atoms. The van der Waals surface area contributed by atoms with Crippen molar-refractivity contribution in [1.29, 1.82) is 0 Å². The normalized spacial score (nSPS) is 29.4. The Morgan fingerprint density at radius 1 is 1.13 bits per heavy atom. The number of aliphatic hydroxyl groups is 2. The van der Waals surface area contributed by atoms with Gasteiger partial charge in [-0.1, -0.05) is 17.7 Å². The van der Waals surface area contributed by atoms with Gasteiger partial charge in [0.1, 0.15) is 0 Å². The fourth-order valence-electron chi connectivity index (χ4n) is 6.62. The lowest BCUT2D eigenvalue weighted by molar-refractivity contribution is -0.0503. The smallest absolute Gasteiger partial charge is 0.252 e. The average molecular weight is 449 g/mol. The molecule has 0 aromatic heterocycles. The van der Waals surface area contributed by atoms with Crippen LogP contribution in [0.1, 0.15) is 67.8 Å². The minimum atomic E-state index is -0.664. The maximum atomic E-state index is 13.0. The number of rotatable bonds is 10. The van der Waals surface area contributed by atoms with Crippen LogP contribution in [0.2, 0.25) is 5.02 Å². The van der Waals surface area contributed by atoms with E-state index in [1.807, 2.05) is 18.2 Å². The second kappa shape index (κ2) is 9.38. The number of hydrogen-bond acceptors (Lipinski definition) is 4. The lowest BCUT2D eigenvalue weighted by atomic mass is 9.49. The molecule has 0 radical (unpaired) electrons. The summed E-state index contributed by atoms with van der Waals surface area (Å²) in [6.07, 6.45) is 9.70. The monoisotopic (exact) mass is 448 g/mol. The largest absolute Gasteiger partial charge is 0.394 e. The Bertz CT molecular complexity index is 758. The Balaban J connectivity index is 1.31. The molecule has 4 fully saturated rings. The van der Waals surface area contributed by atoms with E-state index in [1.54, 1.807) is 6.92 Å². The lowest BCUT2D eigenvalue weighted by Gasteiger charge is -2.56. The van der Waals surface area contributed by atoms with Crippen LogP contribution in [0.5, 0.6) is 0 Å². The average Bonchev–Trinajstić information content (AvgIpc) is 2.75. The van der Waals surface area contributed by atoms with E-state index < -0.39 is 5.54 Å². The summed E-state index contributed by atoms with van der Waals surface area (Å²) in [5.74, 6) is 2.57. The molecule has 1 aromatic rings. The van der Waals surface area contributed by atoms with Crippen LogP contribution in [0.3, 0.4) is 0 Å². The van der Waals surface area contributed by atoms with Crippen molar-refractivity contribution >= 4 is 17.5 Å². The van der Waals surface area contributed by atoms with Gasteiger partial charge in [-0.3, -0.25) is 4.79 Å². The molecule has 1 aromatic carbocycles. The van der Waals surface area contributed by atoms with E-state index in [4.69, 9.17) is 11.6 Å². The quantitative estimate of drug-likeness (QED) is 0.412. The molecule has 5 nitrogen and oxygen atoms in total. The highest BCUT2D eigenvalue weighted by Crippen LogP contribution is 2.59. The number of carbonyl (C=O) groups excluding carboxylic acids is 1. The molecular formula is C25H37ClN2O3. The zero-order valence-electron chi connectivity index (χ0n) is 18.6. The van der Waals surface area contributed by atoms with E-state index in [9.17, 15) is 15.0 Å². The van der Waals surface area contributed by atoms with E-state index >= 15 is 0 Å². The molecule has 4 bridgehead atoms. The molecule has 0 aliphatic heterocycles. The van der Waals surface area contributed by atoms with Crippen LogP contribution in [-0.4, -0.2) is 48.0 Å². The van der Waals surface area contributed by atoms with Crippen LogP contribution in [0.4, 0.5) is 0 Å². The zero-order valence-corrected chi connectivity index (χ0v) is 19.4. The van der Waals surface area contributed by atoms with E-state index in [2.05, 4.69) is 10.6 Å². The van der Waals surface area contributed by atoms with Crippen LogP contribution in [0.15, 0.2) is 18.2 Å². The molecule has 1 amide bonds. The molecule has 4 aliphatic rings. The summed E-state index contributed by atoms with van der Waals surface area (Å²) in [4.78, 5) is 13.0. The van der Waals surface area contributed by atoms with Crippen molar-refractivity contribution in [2.24, 2.45) is 23.2 Å². The van der Waals surface area contributed by atoms with Gasteiger partial charge < -0.3 is 20.8 Å². The number of nitrogens with one attached hydrogen (secondary N) is 2. The van der Waals surface area contributed by atoms with Crippen LogP contribution in [-0.2, 0) is 6.42 Å². The van der Waals surface area contributed by atoms with Crippen molar-refractivity contribution in [3.63, 3.8) is 0 Å². The van der Waals surface area contributed by atoms with Crippen molar-refractivity contribution in [2.75, 3.05) is 26.3 Å². The van der Waals surface area contributed by atoms with Crippen LogP contribution >= 0.6 is 11.6 Å². The van der Waals surface area contributed by atoms with Gasteiger partial charge in [-0.25, -0.2) is 0 Å². The summed E-state index contributed by atoms with van der Waals surface area (Å²) < 4.78 is 0. The second-order valence-electron chi connectivity index (χ2n) is 10.8. The summed E-state index contributed by atoms with van der Waals surface area (Å²) in [7, 11) is 0. The van der Waals surface area contributed by atoms with E-state index in [0.29, 0.717) is 22.5 Å². The summed E-state index contributed by atoms with van der Waals surface area (Å²) in [6, 6.07) is 5.69. The van der Waals surface area contributed by atoms with Gasteiger partial charge in [0.15, 0.2) is 0 Å². The van der Waals surface area contributed by atoms with E-state index in [-0.39, 0.29) is 19.1 Å². The third kappa shape index (κ3) is 5.27. The van der Waals surface area contributed by atoms with Gasteiger partial charge in [0, 0.05) is 6.54 Å².